The Kier molecular flexibility index (Phi) is 5.65. The van der Waals surface area contributed by atoms with Crippen LogP contribution in [-0.2, 0) is 0 Å². The molecule has 4 aromatic rings. The van der Waals surface area contributed by atoms with E-state index in [4.69, 9.17) is 14.2 Å². The number of nitrogens with zero attached hydrogens (tertiary/aromatic N) is 3. The molecule has 0 radical (unpaired) electrons. The molecule has 0 unspecified atom stereocenters. The van der Waals surface area contributed by atoms with Crippen LogP contribution >= 0.6 is 11.3 Å². The second kappa shape index (κ2) is 8.39. The normalized spacial score (nSPS) is 12.0. The Balaban J connectivity index is 1.75. The minimum atomic E-state index is -0.195. The van der Waals surface area contributed by atoms with Gasteiger partial charge in [-0.3, -0.25) is 4.79 Å². The highest BCUT2D eigenvalue weighted by Gasteiger charge is 2.18. The van der Waals surface area contributed by atoms with Crippen LogP contribution in [0.15, 0.2) is 41.2 Å². The van der Waals surface area contributed by atoms with Crippen molar-refractivity contribution in [3.05, 3.63) is 62.4 Å². The summed E-state index contributed by atoms with van der Waals surface area (Å²) >= 11 is 1.31. The molecule has 7 nitrogen and oxygen atoms in total. The minimum absolute atomic E-state index is 0.195. The second-order valence-corrected chi connectivity index (χ2v) is 8.29. The van der Waals surface area contributed by atoms with E-state index in [1.165, 1.54) is 21.4 Å². The van der Waals surface area contributed by atoms with Gasteiger partial charge in [-0.05, 0) is 35.3 Å². The van der Waals surface area contributed by atoms with Gasteiger partial charge in [-0.25, -0.2) is 0 Å². The van der Waals surface area contributed by atoms with Crippen molar-refractivity contribution >= 4 is 22.4 Å². The molecular formula is C23H23N3O4S. The highest BCUT2D eigenvalue weighted by molar-refractivity contribution is 7.15. The van der Waals surface area contributed by atoms with Gasteiger partial charge in [0.1, 0.15) is 0 Å². The summed E-state index contributed by atoms with van der Waals surface area (Å²) in [6, 6.07) is 11.7. The molecule has 31 heavy (non-hydrogen) atoms. The summed E-state index contributed by atoms with van der Waals surface area (Å²) in [4.78, 5) is 17.9. The Hall–Kier alpha value is -3.39. The summed E-state index contributed by atoms with van der Waals surface area (Å²) in [6.45, 7) is 4.31. The molecule has 0 spiro atoms. The number of aromatic nitrogens is 3. The Morgan fingerprint density at radius 2 is 1.65 bits per heavy atom. The van der Waals surface area contributed by atoms with Crippen molar-refractivity contribution < 1.29 is 14.2 Å². The van der Waals surface area contributed by atoms with Gasteiger partial charge in [-0.15, -0.1) is 5.10 Å². The predicted octanol–water partition coefficient (Wildman–Crippen LogP) is 3.51. The van der Waals surface area contributed by atoms with E-state index in [-0.39, 0.29) is 5.56 Å². The first-order valence-corrected chi connectivity index (χ1v) is 10.6. The van der Waals surface area contributed by atoms with E-state index in [1.807, 2.05) is 18.2 Å². The van der Waals surface area contributed by atoms with Crippen LogP contribution in [0.3, 0.4) is 0 Å². The van der Waals surface area contributed by atoms with Crippen molar-refractivity contribution in [2.75, 3.05) is 21.3 Å². The van der Waals surface area contributed by atoms with E-state index in [0.717, 1.165) is 5.56 Å². The van der Waals surface area contributed by atoms with E-state index < -0.39 is 0 Å². The quantitative estimate of drug-likeness (QED) is 0.460. The largest absolute Gasteiger partial charge is 0.493 e. The van der Waals surface area contributed by atoms with Gasteiger partial charge in [-0.2, -0.15) is 9.50 Å². The summed E-state index contributed by atoms with van der Waals surface area (Å²) in [5.74, 6) is 2.36. The Morgan fingerprint density at radius 3 is 2.16 bits per heavy atom. The fraction of sp³-hybridized carbons (Fsp3) is 0.261. The number of rotatable bonds is 6. The lowest BCUT2D eigenvalue weighted by Gasteiger charge is -2.12. The Labute approximate surface area is 183 Å². The first-order chi connectivity index (χ1) is 14.9. The van der Waals surface area contributed by atoms with Crippen LogP contribution in [0.4, 0.5) is 0 Å². The number of benzene rings is 2. The summed E-state index contributed by atoms with van der Waals surface area (Å²) in [5.41, 5.74) is 2.70. The van der Waals surface area contributed by atoms with Crippen molar-refractivity contribution in [1.29, 1.82) is 0 Å². The zero-order valence-electron chi connectivity index (χ0n) is 18.0. The topological polar surface area (TPSA) is 75.0 Å². The van der Waals surface area contributed by atoms with Crippen molar-refractivity contribution in [1.82, 2.24) is 14.6 Å². The van der Waals surface area contributed by atoms with Gasteiger partial charge in [0.25, 0.3) is 5.56 Å². The first kappa shape index (κ1) is 20.9. The zero-order chi connectivity index (χ0) is 22.1. The molecule has 160 valence electrons. The van der Waals surface area contributed by atoms with Crippen molar-refractivity contribution in [3.8, 4) is 28.6 Å². The molecule has 2 aromatic carbocycles. The Morgan fingerprint density at radius 1 is 1.00 bits per heavy atom. The minimum Gasteiger partial charge on any atom is -0.493 e. The first-order valence-electron chi connectivity index (χ1n) is 9.76. The van der Waals surface area contributed by atoms with E-state index >= 15 is 0 Å². The lowest BCUT2D eigenvalue weighted by Crippen LogP contribution is -2.23. The van der Waals surface area contributed by atoms with Crippen LogP contribution in [0.1, 0.15) is 30.9 Å². The molecule has 0 aliphatic heterocycles. The monoisotopic (exact) mass is 437 g/mol. The maximum atomic E-state index is 12.9. The molecule has 4 rings (SSSR count). The molecule has 0 amide bonds. The van der Waals surface area contributed by atoms with Crippen LogP contribution in [-0.4, -0.2) is 35.9 Å². The van der Waals surface area contributed by atoms with Gasteiger partial charge in [0.2, 0.25) is 10.7 Å². The molecule has 0 N–H and O–H groups in total. The smallest absolute Gasteiger partial charge is 0.291 e. The zero-order valence-corrected chi connectivity index (χ0v) is 18.8. The molecule has 0 fully saturated rings. The summed E-state index contributed by atoms with van der Waals surface area (Å²) in [7, 11) is 4.64. The Bertz CT molecular complexity index is 1310. The van der Waals surface area contributed by atoms with Crippen LogP contribution in [0.5, 0.6) is 17.2 Å². The van der Waals surface area contributed by atoms with Crippen LogP contribution in [0.2, 0.25) is 0 Å². The van der Waals surface area contributed by atoms with Crippen LogP contribution in [0.25, 0.3) is 22.4 Å². The number of fused-ring (bicyclic) bond motifs is 1. The number of hydrogen-bond acceptors (Lipinski definition) is 7. The molecule has 8 heteroatoms. The standard InChI is InChI=1S/C23H23N3O4S/c1-13(2)15-8-6-14(7-9-15)10-19-22(27)26-23(31-19)24-21(25-26)16-11-17(28-3)20(30-5)18(12-16)29-4/h6-13H,1-5H3. The molecule has 0 atom stereocenters. The molecule has 0 bridgehead atoms. The maximum Gasteiger partial charge on any atom is 0.291 e. The van der Waals surface area contributed by atoms with Gasteiger partial charge in [0.15, 0.2) is 17.3 Å². The molecule has 0 aliphatic rings. The van der Waals surface area contributed by atoms with Gasteiger partial charge >= 0.3 is 0 Å². The molecule has 0 saturated carbocycles. The fourth-order valence-corrected chi connectivity index (χ4v) is 4.20. The average Bonchev–Trinajstić information content (AvgIpc) is 3.32. The third-order valence-corrected chi connectivity index (χ3v) is 5.96. The van der Waals surface area contributed by atoms with Gasteiger partial charge in [0, 0.05) is 5.56 Å². The lowest BCUT2D eigenvalue weighted by atomic mass is 10.0. The highest BCUT2D eigenvalue weighted by atomic mass is 32.1. The van der Waals surface area contributed by atoms with E-state index in [0.29, 0.717) is 44.0 Å². The van der Waals surface area contributed by atoms with E-state index in [2.05, 4.69) is 36.1 Å². The van der Waals surface area contributed by atoms with Crippen molar-refractivity contribution in [3.63, 3.8) is 0 Å². The lowest BCUT2D eigenvalue weighted by molar-refractivity contribution is 0.324. The number of methoxy groups -OCH3 is 3. The summed E-state index contributed by atoms with van der Waals surface area (Å²) < 4.78 is 18.1. The van der Waals surface area contributed by atoms with E-state index in [9.17, 15) is 4.79 Å². The summed E-state index contributed by atoms with van der Waals surface area (Å²) in [6.07, 6.45) is 1.87. The molecule has 2 aromatic heterocycles. The molecular weight excluding hydrogens is 414 g/mol. The number of hydrogen-bond donors (Lipinski definition) is 0. The van der Waals surface area contributed by atoms with Crippen molar-refractivity contribution in [2.45, 2.75) is 19.8 Å². The van der Waals surface area contributed by atoms with Gasteiger partial charge in [-0.1, -0.05) is 49.4 Å². The SMILES string of the molecule is COc1cc(-c2nc3sc(=Cc4ccc(C(C)C)cc4)c(=O)n3n2)cc(OC)c1OC. The predicted molar refractivity (Wildman–Crippen MR) is 122 cm³/mol. The van der Waals surface area contributed by atoms with Crippen molar-refractivity contribution in [2.24, 2.45) is 0 Å². The highest BCUT2D eigenvalue weighted by Crippen LogP contribution is 2.40. The number of ether oxygens (including phenoxy) is 3. The third kappa shape index (κ3) is 3.86. The molecule has 0 saturated heterocycles. The second-order valence-electron chi connectivity index (χ2n) is 7.28. The van der Waals surface area contributed by atoms with Crippen LogP contribution in [0, 0.1) is 0 Å². The number of thiazole rings is 1. The van der Waals surface area contributed by atoms with Crippen LogP contribution < -0.4 is 24.3 Å². The van der Waals surface area contributed by atoms with E-state index in [1.54, 1.807) is 33.5 Å². The van der Waals surface area contributed by atoms with Gasteiger partial charge < -0.3 is 14.2 Å². The average molecular weight is 438 g/mol. The maximum absolute atomic E-state index is 12.9. The fourth-order valence-electron chi connectivity index (χ4n) is 3.29. The molecule has 2 heterocycles. The third-order valence-electron chi connectivity index (χ3n) is 5.01. The van der Waals surface area contributed by atoms with Gasteiger partial charge in [0.05, 0.1) is 25.9 Å². The summed E-state index contributed by atoms with van der Waals surface area (Å²) in [5, 5.41) is 4.42. The molecule has 0 aliphatic carbocycles.